The molecule has 0 unspecified atom stereocenters. The molecule has 0 spiro atoms. The first-order chi connectivity index (χ1) is 15.3. The molecule has 2 aromatic rings. The van der Waals surface area contributed by atoms with Crippen LogP contribution in [0.3, 0.4) is 0 Å². The van der Waals surface area contributed by atoms with Gasteiger partial charge in [0.25, 0.3) is 0 Å². The topological polar surface area (TPSA) is 84.9 Å². The molecule has 32 heavy (non-hydrogen) atoms. The Hall–Kier alpha value is -2.98. The number of anilines is 1. The number of methoxy groups -OCH3 is 1. The van der Waals surface area contributed by atoms with Crippen molar-refractivity contribution < 1.29 is 31.5 Å². The average molecular weight is 467 g/mol. The summed E-state index contributed by atoms with van der Waals surface area (Å²) in [6.45, 7) is -1.97. The molecule has 1 N–H and O–H groups in total. The normalized spacial score (nSPS) is 15.1. The van der Waals surface area contributed by atoms with Crippen LogP contribution in [0.5, 0.6) is 11.5 Å². The molecule has 0 aliphatic carbocycles. The largest absolute Gasteiger partial charge is 0.495 e. The maximum absolute atomic E-state index is 12.9. The van der Waals surface area contributed by atoms with Crippen molar-refractivity contribution in [3.8, 4) is 11.5 Å². The lowest BCUT2D eigenvalue weighted by atomic mass is 10.2. The van der Waals surface area contributed by atoms with E-state index >= 15 is 0 Å². The first-order valence-electron chi connectivity index (χ1n) is 10.0. The van der Waals surface area contributed by atoms with Gasteiger partial charge in [-0.05, 0) is 54.8 Å². The van der Waals surface area contributed by atoms with E-state index in [0.29, 0.717) is 24.4 Å². The summed E-state index contributed by atoms with van der Waals surface area (Å²) < 4.78 is 61.3. The fourth-order valence-electron chi connectivity index (χ4n) is 3.31. The van der Waals surface area contributed by atoms with Gasteiger partial charge in [-0.2, -0.15) is 13.1 Å². The van der Waals surface area contributed by atoms with Crippen LogP contribution >= 0.6 is 0 Å². The van der Waals surface area contributed by atoms with E-state index in [2.05, 4.69) is 10.1 Å². The van der Waals surface area contributed by atoms with E-state index in [1.807, 2.05) is 0 Å². The van der Waals surface area contributed by atoms with Gasteiger partial charge in [0.15, 0.2) is 0 Å². The summed E-state index contributed by atoms with van der Waals surface area (Å²) in [5.41, 5.74) is 0.816. The van der Waals surface area contributed by atoms with Crippen LogP contribution in [0.1, 0.15) is 24.8 Å². The number of nitrogens with one attached hydrogen (secondary N) is 1. The number of alkyl halides is 2. The molecular weight excluding hydrogens is 442 g/mol. The highest BCUT2D eigenvalue weighted by Crippen LogP contribution is 2.30. The van der Waals surface area contributed by atoms with Gasteiger partial charge in [0, 0.05) is 19.2 Å². The molecule has 1 heterocycles. The van der Waals surface area contributed by atoms with Crippen molar-refractivity contribution in [1.29, 1.82) is 0 Å². The predicted octanol–water partition coefficient (Wildman–Crippen LogP) is 4.12. The first kappa shape index (κ1) is 23.7. The van der Waals surface area contributed by atoms with Crippen LogP contribution in [0.4, 0.5) is 14.5 Å². The first-order valence-corrected chi connectivity index (χ1v) is 11.5. The number of rotatable bonds is 8. The van der Waals surface area contributed by atoms with E-state index in [4.69, 9.17) is 4.74 Å². The zero-order valence-electron chi connectivity index (χ0n) is 17.5. The SMILES string of the molecule is COc1ccc(S(=O)(=O)N2CCCCC2)cc1NC(=O)C=Cc1ccc(OC(F)F)cc1. The molecule has 10 heteroatoms. The monoisotopic (exact) mass is 466 g/mol. The van der Waals surface area contributed by atoms with Gasteiger partial charge in [0.1, 0.15) is 11.5 Å². The summed E-state index contributed by atoms with van der Waals surface area (Å²) in [6, 6.07) is 10.1. The van der Waals surface area contributed by atoms with Gasteiger partial charge >= 0.3 is 6.61 Å². The quantitative estimate of drug-likeness (QED) is 0.592. The molecule has 0 radical (unpaired) electrons. The van der Waals surface area contributed by atoms with Gasteiger partial charge in [-0.25, -0.2) is 8.42 Å². The predicted molar refractivity (Wildman–Crippen MR) is 116 cm³/mol. The van der Waals surface area contributed by atoms with Gasteiger partial charge in [-0.15, -0.1) is 0 Å². The molecule has 3 rings (SSSR count). The molecule has 1 saturated heterocycles. The third-order valence-corrected chi connectivity index (χ3v) is 6.81. The van der Waals surface area contributed by atoms with Gasteiger partial charge in [-0.3, -0.25) is 4.79 Å². The minimum absolute atomic E-state index is 0.0121. The van der Waals surface area contributed by atoms with Crippen LogP contribution in [0.15, 0.2) is 53.4 Å². The standard InChI is InChI=1S/C22H24F2N2O5S/c1-30-20-11-10-18(32(28,29)26-13-3-2-4-14-26)15-19(20)25-21(27)12-7-16-5-8-17(9-6-16)31-22(23)24/h5-12,15,22H,2-4,13-14H2,1H3,(H,25,27). The fourth-order valence-corrected chi connectivity index (χ4v) is 4.85. The van der Waals surface area contributed by atoms with Crippen LogP contribution in [0, 0.1) is 0 Å². The van der Waals surface area contributed by atoms with Gasteiger partial charge in [0.05, 0.1) is 17.7 Å². The van der Waals surface area contributed by atoms with E-state index in [1.54, 1.807) is 0 Å². The summed E-state index contributed by atoms with van der Waals surface area (Å²) in [5.74, 6) is -0.181. The number of sulfonamides is 1. The molecule has 0 bridgehead atoms. The van der Waals surface area contributed by atoms with Crippen molar-refractivity contribution in [2.75, 3.05) is 25.5 Å². The van der Waals surface area contributed by atoms with Crippen molar-refractivity contribution >= 4 is 27.7 Å². The number of ether oxygens (including phenoxy) is 2. The van der Waals surface area contributed by atoms with E-state index in [1.165, 1.54) is 66.0 Å². The Labute approximate surface area is 185 Å². The molecule has 7 nitrogen and oxygen atoms in total. The Bertz CT molecular complexity index is 1070. The molecule has 0 atom stereocenters. The Kier molecular flexibility index (Phi) is 7.81. The average Bonchev–Trinajstić information content (AvgIpc) is 2.79. The van der Waals surface area contributed by atoms with E-state index in [-0.39, 0.29) is 16.3 Å². The van der Waals surface area contributed by atoms with Crippen molar-refractivity contribution in [3.05, 3.63) is 54.1 Å². The Morgan fingerprint density at radius 1 is 1.09 bits per heavy atom. The minimum atomic E-state index is -3.67. The van der Waals surface area contributed by atoms with Gasteiger partial charge in [-0.1, -0.05) is 18.6 Å². The number of nitrogens with zero attached hydrogens (tertiary/aromatic N) is 1. The van der Waals surface area contributed by atoms with E-state index < -0.39 is 22.5 Å². The second-order valence-corrected chi connectivity index (χ2v) is 9.03. The van der Waals surface area contributed by atoms with Crippen LogP contribution in [-0.4, -0.2) is 45.4 Å². The summed E-state index contributed by atoms with van der Waals surface area (Å²) in [6.07, 6.45) is 5.37. The Morgan fingerprint density at radius 2 is 1.78 bits per heavy atom. The number of halogens is 2. The summed E-state index contributed by atoms with van der Waals surface area (Å²) in [4.78, 5) is 12.5. The number of carbonyl (C=O) groups is 1. The molecule has 172 valence electrons. The van der Waals surface area contributed by atoms with Crippen molar-refractivity contribution in [1.82, 2.24) is 4.31 Å². The van der Waals surface area contributed by atoms with Crippen LogP contribution in [0.2, 0.25) is 0 Å². The van der Waals surface area contributed by atoms with Crippen LogP contribution in [-0.2, 0) is 14.8 Å². The molecule has 2 aromatic carbocycles. The Morgan fingerprint density at radius 3 is 2.41 bits per heavy atom. The number of hydrogen-bond donors (Lipinski definition) is 1. The van der Waals surface area contributed by atoms with Crippen LogP contribution in [0.25, 0.3) is 6.08 Å². The van der Waals surface area contributed by atoms with Crippen molar-refractivity contribution in [2.45, 2.75) is 30.8 Å². The highest BCUT2D eigenvalue weighted by atomic mass is 32.2. The third-order valence-electron chi connectivity index (χ3n) is 4.91. The lowest BCUT2D eigenvalue weighted by Crippen LogP contribution is -2.35. The molecule has 1 fully saturated rings. The zero-order chi connectivity index (χ0) is 23.1. The number of amides is 1. The maximum atomic E-state index is 12.9. The van der Waals surface area contributed by atoms with Crippen molar-refractivity contribution in [3.63, 3.8) is 0 Å². The molecule has 1 amide bonds. The lowest BCUT2D eigenvalue weighted by Gasteiger charge is -2.26. The third kappa shape index (κ3) is 6.04. The molecule has 0 saturated carbocycles. The number of piperidine rings is 1. The number of benzene rings is 2. The highest BCUT2D eigenvalue weighted by molar-refractivity contribution is 7.89. The number of hydrogen-bond acceptors (Lipinski definition) is 5. The maximum Gasteiger partial charge on any atom is 0.387 e. The summed E-state index contributed by atoms with van der Waals surface area (Å²) >= 11 is 0. The lowest BCUT2D eigenvalue weighted by molar-refractivity contribution is -0.111. The summed E-state index contributed by atoms with van der Waals surface area (Å²) in [7, 11) is -2.25. The highest BCUT2D eigenvalue weighted by Gasteiger charge is 2.26. The van der Waals surface area contributed by atoms with Crippen molar-refractivity contribution in [2.24, 2.45) is 0 Å². The second kappa shape index (κ2) is 10.6. The van der Waals surface area contributed by atoms with Crippen LogP contribution < -0.4 is 14.8 Å². The summed E-state index contributed by atoms with van der Waals surface area (Å²) in [5, 5.41) is 2.63. The Balaban J connectivity index is 1.73. The molecule has 0 aromatic heterocycles. The minimum Gasteiger partial charge on any atom is -0.495 e. The molecular formula is C22H24F2N2O5S. The molecule has 1 aliphatic heterocycles. The smallest absolute Gasteiger partial charge is 0.387 e. The zero-order valence-corrected chi connectivity index (χ0v) is 18.3. The van der Waals surface area contributed by atoms with E-state index in [0.717, 1.165) is 19.3 Å². The fraction of sp³-hybridized carbons (Fsp3) is 0.318. The number of carbonyl (C=O) groups excluding carboxylic acids is 1. The van der Waals surface area contributed by atoms with Gasteiger partial charge < -0.3 is 14.8 Å². The van der Waals surface area contributed by atoms with Gasteiger partial charge in [0.2, 0.25) is 15.9 Å². The van der Waals surface area contributed by atoms with E-state index in [9.17, 15) is 22.0 Å². The second-order valence-electron chi connectivity index (χ2n) is 7.10. The molecule has 1 aliphatic rings.